The number of halogens is 1. The molecule has 1 unspecified atom stereocenters. The molecule has 3 rings (SSSR count). The molecule has 19 heavy (non-hydrogen) atoms. The zero-order valence-electron chi connectivity index (χ0n) is 10.8. The molecule has 3 nitrogen and oxygen atoms in total. The van der Waals surface area contributed by atoms with Gasteiger partial charge in [-0.15, -0.1) is 0 Å². The molecule has 1 amide bonds. The van der Waals surface area contributed by atoms with Crippen molar-refractivity contribution in [3.05, 3.63) is 34.3 Å². The average molecular weight is 324 g/mol. The Morgan fingerprint density at radius 1 is 1.26 bits per heavy atom. The van der Waals surface area contributed by atoms with Gasteiger partial charge in [-0.25, -0.2) is 0 Å². The zero-order chi connectivity index (χ0) is 13.2. The van der Waals surface area contributed by atoms with Crippen LogP contribution in [0.15, 0.2) is 28.7 Å². The van der Waals surface area contributed by atoms with Crippen LogP contribution in [0.3, 0.4) is 0 Å². The molecule has 2 aliphatic rings. The van der Waals surface area contributed by atoms with Crippen LogP contribution >= 0.6 is 15.9 Å². The average Bonchev–Trinajstić information content (AvgIpc) is 3.13. The molecule has 1 saturated heterocycles. The number of ether oxygens (including phenoxy) is 1. The highest BCUT2D eigenvalue weighted by Gasteiger charge is 2.35. The van der Waals surface area contributed by atoms with Crippen molar-refractivity contribution in [1.82, 2.24) is 4.90 Å². The van der Waals surface area contributed by atoms with Crippen molar-refractivity contribution < 1.29 is 9.53 Å². The highest BCUT2D eigenvalue weighted by atomic mass is 79.9. The summed E-state index contributed by atoms with van der Waals surface area (Å²) in [4.78, 5) is 14.7. The smallest absolute Gasteiger partial charge is 0.254 e. The Hall–Kier alpha value is -0.870. The summed E-state index contributed by atoms with van der Waals surface area (Å²) in [6, 6.07) is 8.10. The van der Waals surface area contributed by atoms with Gasteiger partial charge in [-0.1, -0.05) is 15.9 Å². The van der Waals surface area contributed by atoms with E-state index in [1.165, 1.54) is 0 Å². The molecule has 0 aromatic heterocycles. The summed E-state index contributed by atoms with van der Waals surface area (Å²) in [5.74, 6) is 0.682. The highest BCUT2D eigenvalue weighted by Crippen LogP contribution is 2.30. The molecular formula is C15H18BrNO2. The summed E-state index contributed by atoms with van der Waals surface area (Å²) in [7, 11) is 0. The van der Waals surface area contributed by atoms with Crippen LogP contribution in [0.5, 0.6) is 0 Å². The monoisotopic (exact) mass is 323 g/mol. The summed E-state index contributed by atoms with van der Waals surface area (Å²) >= 11 is 3.40. The summed E-state index contributed by atoms with van der Waals surface area (Å²) in [6.07, 6.45) is 3.38. The van der Waals surface area contributed by atoms with Crippen LogP contribution in [0.4, 0.5) is 0 Å². The first-order valence-corrected chi connectivity index (χ1v) is 7.67. The second-order valence-electron chi connectivity index (χ2n) is 5.43. The summed E-state index contributed by atoms with van der Waals surface area (Å²) in [5.41, 5.74) is 0.786. The lowest BCUT2D eigenvalue weighted by Crippen LogP contribution is -2.37. The van der Waals surface area contributed by atoms with E-state index in [1.807, 2.05) is 24.3 Å². The molecule has 0 spiro atoms. The molecule has 1 aromatic carbocycles. The van der Waals surface area contributed by atoms with Gasteiger partial charge in [0.05, 0.1) is 6.61 Å². The third-order valence-electron chi connectivity index (χ3n) is 3.82. The molecule has 1 aliphatic heterocycles. The van der Waals surface area contributed by atoms with Crippen molar-refractivity contribution in [3.63, 3.8) is 0 Å². The largest absolute Gasteiger partial charge is 0.381 e. The number of hydrogen-bond acceptors (Lipinski definition) is 2. The summed E-state index contributed by atoms with van der Waals surface area (Å²) in [5, 5.41) is 0. The number of rotatable bonds is 4. The standard InChI is InChI=1S/C15H18BrNO2/c16-13-3-1-12(2-4-13)15(18)17(14-5-6-14)9-11-7-8-19-10-11/h1-4,11,14H,5-10H2. The number of carbonyl (C=O) groups is 1. The molecule has 1 aromatic rings. The van der Waals surface area contributed by atoms with Crippen molar-refractivity contribution in [2.24, 2.45) is 5.92 Å². The van der Waals surface area contributed by atoms with Crippen LogP contribution in [-0.4, -0.2) is 36.6 Å². The van der Waals surface area contributed by atoms with Crippen LogP contribution < -0.4 is 0 Å². The fourth-order valence-corrected chi connectivity index (χ4v) is 2.81. The summed E-state index contributed by atoms with van der Waals surface area (Å²) < 4.78 is 6.42. The van der Waals surface area contributed by atoms with Crippen molar-refractivity contribution in [3.8, 4) is 0 Å². The molecule has 1 heterocycles. The van der Waals surface area contributed by atoms with Gasteiger partial charge in [-0.2, -0.15) is 0 Å². The molecule has 102 valence electrons. The van der Waals surface area contributed by atoms with Crippen LogP contribution in [0.2, 0.25) is 0 Å². The first-order valence-electron chi connectivity index (χ1n) is 6.88. The third kappa shape index (κ3) is 3.18. The Bertz CT molecular complexity index is 450. The van der Waals surface area contributed by atoms with Crippen LogP contribution in [0.25, 0.3) is 0 Å². The van der Waals surface area contributed by atoms with Crippen molar-refractivity contribution >= 4 is 21.8 Å². The van der Waals surface area contributed by atoms with E-state index >= 15 is 0 Å². The maximum absolute atomic E-state index is 12.6. The van der Waals surface area contributed by atoms with Gasteiger partial charge in [-0.3, -0.25) is 4.79 Å². The molecule has 1 saturated carbocycles. The maximum atomic E-state index is 12.6. The normalized spacial score (nSPS) is 22.5. The SMILES string of the molecule is O=C(c1ccc(Br)cc1)N(CC1CCOC1)C1CC1. The topological polar surface area (TPSA) is 29.5 Å². The van der Waals surface area contributed by atoms with E-state index in [1.54, 1.807) is 0 Å². The second-order valence-corrected chi connectivity index (χ2v) is 6.34. The quantitative estimate of drug-likeness (QED) is 0.852. The van der Waals surface area contributed by atoms with E-state index < -0.39 is 0 Å². The lowest BCUT2D eigenvalue weighted by molar-refractivity contribution is 0.0706. The minimum atomic E-state index is 0.168. The highest BCUT2D eigenvalue weighted by molar-refractivity contribution is 9.10. The Morgan fingerprint density at radius 3 is 2.58 bits per heavy atom. The Balaban J connectivity index is 1.71. The van der Waals surface area contributed by atoms with Gasteiger partial charge in [0.15, 0.2) is 0 Å². The molecule has 0 radical (unpaired) electrons. The van der Waals surface area contributed by atoms with Crippen LogP contribution in [-0.2, 0) is 4.74 Å². The summed E-state index contributed by atoms with van der Waals surface area (Å²) in [6.45, 7) is 2.49. The number of amides is 1. The van der Waals surface area contributed by atoms with E-state index in [4.69, 9.17) is 4.74 Å². The molecule has 4 heteroatoms. The first kappa shape index (κ1) is 13.1. The number of hydrogen-bond donors (Lipinski definition) is 0. The maximum Gasteiger partial charge on any atom is 0.254 e. The van der Waals surface area contributed by atoms with Gasteiger partial charge in [0, 0.05) is 35.1 Å². The lowest BCUT2D eigenvalue weighted by Gasteiger charge is -2.25. The minimum Gasteiger partial charge on any atom is -0.381 e. The van der Waals surface area contributed by atoms with E-state index in [0.717, 1.165) is 49.1 Å². The van der Waals surface area contributed by atoms with Gasteiger partial charge >= 0.3 is 0 Å². The van der Waals surface area contributed by atoms with Gasteiger partial charge in [0.2, 0.25) is 0 Å². The van der Waals surface area contributed by atoms with Gasteiger partial charge in [0.25, 0.3) is 5.91 Å². The molecule has 1 aliphatic carbocycles. The Labute approximate surface area is 122 Å². The van der Waals surface area contributed by atoms with E-state index in [9.17, 15) is 4.79 Å². The lowest BCUT2D eigenvalue weighted by atomic mass is 10.1. The predicted molar refractivity (Wildman–Crippen MR) is 77.1 cm³/mol. The van der Waals surface area contributed by atoms with Gasteiger partial charge in [0.1, 0.15) is 0 Å². The molecule has 0 bridgehead atoms. The van der Waals surface area contributed by atoms with Crippen molar-refractivity contribution in [2.75, 3.05) is 19.8 Å². The Morgan fingerprint density at radius 2 is 2.00 bits per heavy atom. The number of carbonyl (C=O) groups excluding carboxylic acids is 1. The van der Waals surface area contributed by atoms with Crippen molar-refractivity contribution in [1.29, 1.82) is 0 Å². The first-order chi connectivity index (χ1) is 9.24. The van der Waals surface area contributed by atoms with Crippen LogP contribution in [0, 0.1) is 5.92 Å². The minimum absolute atomic E-state index is 0.168. The Kier molecular flexibility index (Phi) is 3.89. The molecule has 1 atom stereocenters. The molecule has 2 fully saturated rings. The van der Waals surface area contributed by atoms with E-state index in [0.29, 0.717) is 12.0 Å². The number of benzene rings is 1. The second kappa shape index (κ2) is 5.63. The fourth-order valence-electron chi connectivity index (χ4n) is 2.55. The molecule has 0 N–H and O–H groups in total. The van der Waals surface area contributed by atoms with Crippen molar-refractivity contribution in [2.45, 2.75) is 25.3 Å². The molecular weight excluding hydrogens is 306 g/mol. The zero-order valence-corrected chi connectivity index (χ0v) is 12.4. The van der Waals surface area contributed by atoms with Gasteiger partial charge in [-0.05, 0) is 43.5 Å². The third-order valence-corrected chi connectivity index (χ3v) is 4.35. The van der Waals surface area contributed by atoms with Gasteiger partial charge < -0.3 is 9.64 Å². The fraction of sp³-hybridized carbons (Fsp3) is 0.533. The predicted octanol–water partition coefficient (Wildman–Crippen LogP) is 3.09. The number of nitrogens with zero attached hydrogens (tertiary/aromatic N) is 1. The van der Waals surface area contributed by atoms with E-state index in [2.05, 4.69) is 20.8 Å². The van der Waals surface area contributed by atoms with Crippen LogP contribution in [0.1, 0.15) is 29.6 Å². The van der Waals surface area contributed by atoms with E-state index in [-0.39, 0.29) is 5.91 Å².